The van der Waals surface area contributed by atoms with Gasteiger partial charge >= 0.3 is 0 Å². The number of piperidine rings is 1. The van der Waals surface area contributed by atoms with Crippen molar-refractivity contribution in [1.82, 2.24) is 15.5 Å². The Balaban J connectivity index is 1.52. The first-order valence-electron chi connectivity index (χ1n) is 8.68. The van der Waals surface area contributed by atoms with Crippen molar-refractivity contribution >= 4 is 5.95 Å². The van der Waals surface area contributed by atoms with Crippen LogP contribution in [0.5, 0.6) is 0 Å². The first-order valence-corrected chi connectivity index (χ1v) is 8.68. The van der Waals surface area contributed by atoms with Crippen LogP contribution >= 0.6 is 0 Å². The van der Waals surface area contributed by atoms with Crippen molar-refractivity contribution < 1.29 is 4.52 Å². The lowest BCUT2D eigenvalue weighted by atomic mass is 9.86. The van der Waals surface area contributed by atoms with Gasteiger partial charge in [0.25, 0.3) is 5.95 Å². The molecule has 0 aromatic carbocycles. The van der Waals surface area contributed by atoms with Crippen molar-refractivity contribution in [3.8, 4) is 0 Å². The van der Waals surface area contributed by atoms with E-state index < -0.39 is 0 Å². The zero-order chi connectivity index (χ0) is 14.5. The molecule has 0 amide bonds. The highest BCUT2D eigenvalue weighted by molar-refractivity contribution is 5.28. The lowest BCUT2D eigenvalue weighted by Gasteiger charge is -2.27. The quantitative estimate of drug-likeness (QED) is 0.904. The van der Waals surface area contributed by atoms with E-state index >= 15 is 0 Å². The first kappa shape index (κ1) is 14.8. The number of rotatable bonds is 5. The van der Waals surface area contributed by atoms with Gasteiger partial charge in [0, 0.05) is 25.0 Å². The van der Waals surface area contributed by atoms with Crippen LogP contribution in [0.15, 0.2) is 4.52 Å². The molecule has 5 nitrogen and oxygen atoms in total. The van der Waals surface area contributed by atoms with Gasteiger partial charge in [0.05, 0.1) is 0 Å². The van der Waals surface area contributed by atoms with E-state index in [1.54, 1.807) is 0 Å². The van der Waals surface area contributed by atoms with Gasteiger partial charge in [0.2, 0.25) is 5.89 Å². The lowest BCUT2D eigenvalue weighted by Crippen LogP contribution is -2.33. The molecule has 1 saturated carbocycles. The van der Waals surface area contributed by atoms with E-state index in [1.165, 1.54) is 51.4 Å². The van der Waals surface area contributed by atoms with Crippen LogP contribution in [0.25, 0.3) is 0 Å². The molecule has 1 aliphatic heterocycles. The van der Waals surface area contributed by atoms with Crippen LogP contribution in [-0.2, 0) is 0 Å². The predicted octanol–water partition coefficient (Wildman–Crippen LogP) is 3.09. The van der Waals surface area contributed by atoms with Crippen molar-refractivity contribution in [2.24, 2.45) is 0 Å². The highest BCUT2D eigenvalue weighted by atomic mass is 16.5. The zero-order valence-electron chi connectivity index (χ0n) is 13.2. The number of aromatic nitrogens is 2. The van der Waals surface area contributed by atoms with E-state index in [4.69, 9.17) is 4.52 Å². The summed E-state index contributed by atoms with van der Waals surface area (Å²) < 4.78 is 5.55. The molecule has 0 bridgehead atoms. The van der Waals surface area contributed by atoms with E-state index in [0.29, 0.717) is 12.0 Å². The maximum atomic E-state index is 5.55. The summed E-state index contributed by atoms with van der Waals surface area (Å²) in [5, 5.41) is 7.83. The molecule has 1 aromatic rings. The average molecular weight is 292 g/mol. The third kappa shape index (κ3) is 3.76. The van der Waals surface area contributed by atoms with Gasteiger partial charge in [0.15, 0.2) is 0 Å². The molecule has 2 fully saturated rings. The second-order valence-corrected chi connectivity index (χ2v) is 6.48. The molecule has 2 heterocycles. The molecule has 1 saturated heterocycles. The molecular weight excluding hydrogens is 264 g/mol. The molecule has 0 spiro atoms. The van der Waals surface area contributed by atoms with Crippen LogP contribution in [0.1, 0.15) is 70.1 Å². The second kappa shape index (κ2) is 7.25. The molecule has 0 radical (unpaired) electrons. The fraction of sp³-hybridized carbons (Fsp3) is 0.875. The molecule has 5 heteroatoms. The molecule has 0 unspecified atom stereocenters. The molecule has 1 aliphatic carbocycles. The summed E-state index contributed by atoms with van der Waals surface area (Å²) in [5.74, 6) is 2.15. The number of nitrogens with one attached hydrogen (secondary N) is 1. The molecule has 0 atom stereocenters. The fourth-order valence-corrected chi connectivity index (χ4v) is 3.51. The molecule has 21 heavy (non-hydrogen) atoms. The summed E-state index contributed by atoms with van der Waals surface area (Å²) in [7, 11) is 0. The normalized spacial score (nSPS) is 27.0. The fourth-order valence-electron chi connectivity index (χ4n) is 3.51. The topological polar surface area (TPSA) is 54.2 Å². The van der Waals surface area contributed by atoms with Gasteiger partial charge < -0.3 is 14.7 Å². The SMILES string of the molecule is CCCNC1CCC(c2nc(N3CCCCC3)no2)CC1. The van der Waals surface area contributed by atoms with Gasteiger partial charge in [0.1, 0.15) is 0 Å². The van der Waals surface area contributed by atoms with Gasteiger partial charge in [-0.25, -0.2) is 0 Å². The summed E-state index contributed by atoms with van der Waals surface area (Å²) in [6.45, 7) is 5.51. The van der Waals surface area contributed by atoms with E-state index in [9.17, 15) is 0 Å². The molecule has 2 aliphatic rings. The maximum absolute atomic E-state index is 5.55. The Hall–Kier alpha value is -1.10. The Morgan fingerprint density at radius 2 is 1.90 bits per heavy atom. The molecular formula is C16H28N4O. The minimum absolute atomic E-state index is 0.468. The van der Waals surface area contributed by atoms with Crippen LogP contribution in [0.2, 0.25) is 0 Å². The summed E-state index contributed by atoms with van der Waals surface area (Å²) in [5.41, 5.74) is 0. The highest BCUT2D eigenvalue weighted by Gasteiger charge is 2.27. The van der Waals surface area contributed by atoms with Crippen molar-refractivity contribution in [1.29, 1.82) is 0 Å². The average Bonchev–Trinajstić information content (AvgIpc) is 3.04. The third-order valence-corrected chi connectivity index (χ3v) is 4.83. The number of anilines is 1. The van der Waals surface area contributed by atoms with Crippen LogP contribution in [-0.4, -0.2) is 35.8 Å². The van der Waals surface area contributed by atoms with E-state index in [-0.39, 0.29) is 0 Å². The number of hydrogen-bond donors (Lipinski definition) is 1. The van der Waals surface area contributed by atoms with E-state index in [2.05, 4.69) is 27.3 Å². The van der Waals surface area contributed by atoms with Crippen LogP contribution in [0.4, 0.5) is 5.95 Å². The third-order valence-electron chi connectivity index (χ3n) is 4.83. The van der Waals surface area contributed by atoms with Crippen LogP contribution in [0.3, 0.4) is 0 Å². The Morgan fingerprint density at radius 3 is 2.62 bits per heavy atom. The number of nitrogens with zero attached hydrogens (tertiary/aromatic N) is 3. The Morgan fingerprint density at radius 1 is 1.14 bits per heavy atom. The zero-order valence-corrected chi connectivity index (χ0v) is 13.2. The van der Waals surface area contributed by atoms with E-state index in [0.717, 1.165) is 31.5 Å². The minimum Gasteiger partial charge on any atom is -0.338 e. The summed E-state index contributed by atoms with van der Waals surface area (Å²) >= 11 is 0. The standard InChI is InChI=1S/C16H28N4O/c1-2-10-17-14-8-6-13(7-9-14)15-18-16(19-21-15)20-11-4-3-5-12-20/h13-14,17H,2-12H2,1H3. The van der Waals surface area contributed by atoms with Crippen molar-refractivity contribution in [2.75, 3.05) is 24.5 Å². The molecule has 1 aromatic heterocycles. The van der Waals surface area contributed by atoms with E-state index in [1.807, 2.05) is 0 Å². The minimum atomic E-state index is 0.468. The van der Waals surface area contributed by atoms with Crippen LogP contribution in [0, 0.1) is 0 Å². The number of hydrogen-bond acceptors (Lipinski definition) is 5. The second-order valence-electron chi connectivity index (χ2n) is 6.48. The van der Waals surface area contributed by atoms with Gasteiger partial charge in [-0.2, -0.15) is 4.98 Å². The molecule has 3 rings (SSSR count). The summed E-state index contributed by atoms with van der Waals surface area (Å²) in [6.07, 6.45) is 9.83. The van der Waals surface area contributed by atoms with Gasteiger partial charge in [-0.05, 0) is 63.1 Å². The maximum Gasteiger partial charge on any atom is 0.266 e. The molecule has 118 valence electrons. The monoisotopic (exact) mass is 292 g/mol. The van der Waals surface area contributed by atoms with Crippen molar-refractivity contribution in [3.63, 3.8) is 0 Å². The van der Waals surface area contributed by atoms with Crippen molar-refractivity contribution in [3.05, 3.63) is 5.89 Å². The lowest BCUT2D eigenvalue weighted by molar-refractivity contribution is 0.283. The van der Waals surface area contributed by atoms with Gasteiger partial charge in [-0.1, -0.05) is 6.92 Å². The van der Waals surface area contributed by atoms with Gasteiger partial charge in [-0.3, -0.25) is 0 Å². The highest BCUT2D eigenvalue weighted by Crippen LogP contribution is 2.33. The predicted molar refractivity (Wildman–Crippen MR) is 83.7 cm³/mol. The smallest absolute Gasteiger partial charge is 0.266 e. The largest absolute Gasteiger partial charge is 0.338 e. The Labute approximate surface area is 127 Å². The van der Waals surface area contributed by atoms with Crippen molar-refractivity contribution in [2.45, 2.75) is 70.3 Å². The Kier molecular flexibility index (Phi) is 5.12. The summed E-state index contributed by atoms with van der Waals surface area (Å²) in [4.78, 5) is 6.94. The van der Waals surface area contributed by atoms with Gasteiger partial charge in [-0.15, -0.1) is 0 Å². The summed E-state index contributed by atoms with van der Waals surface area (Å²) in [6, 6.07) is 0.686. The van der Waals surface area contributed by atoms with Crippen LogP contribution < -0.4 is 10.2 Å². The molecule has 1 N–H and O–H groups in total. The Bertz CT molecular complexity index is 420. The first-order chi connectivity index (χ1) is 10.4.